The van der Waals surface area contributed by atoms with Crippen LogP contribution in [-0.2, 0) is 0 Å². The fourth-order valence-corrected chi connectivity index (χ4v) is 1.98. The Morgan fingerprint density at radius 1 is 0.875 bits per heavy atom. The number of halogens is 2. The van der Waals surface area contributed by atoms with E-state index in [0.717, 1.165) is 10.9 Å². The molecule has 0 aliphatic heterocycles. The van der Waals surface area contributed by atoms with Crippen molar-refractivity contribution in [1.82, 2.24) is 0 Å². The third kappa shape index (κ3) is 2.60. The minimum Gasteiger partial charge on any atom is -0.0849 e. The van der Waals surface area contributed by atoms with Crippen LogP contribution in [0.15, 0.2) is 42.5 Å². The van der Waals surface area contributed by atoms with Crippen molar-refractivity contribution in [2.75, 3.05) is 0 Å². The highest BCUT2D eigenvalue weighted by molar-refractivity contribution is 6.72. The highest BCUT2D eigenvalue weighted by Gasteiger charge is 2.07. The normalized spacial score (nSPS) is 10.2. The van der Waals surface area contributed by atoms with E-state index in [2.05, 4.69) is 31.2 Å². The second-order valence-corrected chi connectivity index (χ2v) is 4.50. The summed E-state index contributed by atoms with van der Waals surface area (Å²) in [5.41, 5.74) is 3.21. The van der Waals surface area contributed by atoms with Gasteiger partial charge in [-0.3, -0.25) is 0 Å². The van der Waals surface area contributed by atoms with Crippen molar-refractivity contribution >= 4 is 41.4 Å². The highest BCUT2D eigenvalue weighted by Crippen LogP contribution is 2.11. The lowest BCUT2D eigenvalue weighted by Gasteiger charge is -2.06. The van der Waals surface area contributed by atoms with E-state index in [9.17, 15) is 0 Å². The first kappa shape index (κ1) is 11.6. The van der Waals surface area contributed by atoms with Gasteiger partial charge in [-0.1, -0.05) is 64.6 Å². The van der Waals surface area contributed by atoms with E-state index in [1.807, 2.05) is 25.5 Å². The lowest BCUT2D eigenvalue weighted by Crippen LogP contribution is -2.28. The summed E-state index contributed by atoms with van der Waals surface area (Å²) in [4.78, 5) is 0. The zero-order chi connectivity index (χ0) is 11.5. The van der Waals surface area contributed by atoms with Crippen molar-refractivity contribution in [2.45, 2.75) is 6.92 Å². The van der Waals surface area contributed by atoms with Gasteiger partial charge in [-0.05, 0) is 24.5 Å². The fraction of sp³-hybridized carbons (Fsp3) is 0.0769. The monoisotopic (exact) mass is 247 g/mol. The van der Waals surface area contributed by atoms with Crippen molar-refractivity contribution < 1.29 is 0 Å². The predicted molar refractivity (Wildman–Crippen MR) is 72.7 cm³/mol. The third-order valence-corrected chi connectivity index (χ3v) is 3.05. The second-order valence-electron chi connectivity index (χ2n) is 3.69. The maximum atomic E-state index is 6.09. The first-order valence-corrected chi connectivity index (χ1v) is 5.78. The van der Waals surface area contributed by atoms with Gasteiger partial charge in [-0.25, -0.2) is 0 Å². The number of benzene rings is 2. The molecule has 0 saturated heterocycles. The molecule has 0 aromatic heterocycles. The summed E-state index contributed by atoms with van der Waals surface area (Å²) in [6.45, 7) is 2.06. The molecule has 0 spiro atoms. The van der Waals surface area contributed by atoms with Crippen LogP contribution < -0.4 is 10.9 Å². The lowest BCUT2D eigenvalue weighted by atomic mass is 9.64. The van der Waals surface area contributed by atoms with E-state index < -0.39 is 0 Å². The molecule has 0 bridgehead atoms. The van der Waals surface area contributed by atoms with E-state index >= 15 is 0 Å². The standard InChI is InChI=1S/C13H10BCl2/c1-9-5-7-10(8-6-9)14-13-11(15)3-2-4-12(13)16/h2-8H,1H3. The molecule has 2 aromatic rings. The highest BCUT2D eigenvalue weighted by atomic mass is 35.5. The van der Waals surface area contributed by atoms with Crippen molar-refractivity contribution in [3.63, 3.8) is 0 Å². The molecule has 16 heavy (non-hydrogen) atoms. The Balaban J connectivity index is 2.30. The molecule has 1 radical (unpaired) electrons. The molecule has 0 aliphatic rings. The van der Waals surface area contributed by atoms with Crippen molar-refractivity contribution in [3.05, 3.63) is 58.1 Å². The molecule has 0 atom stereocenters. The molecule has 0 nitrogen and oxygen atoms in total. The molecule has 3 heteroatoms. The quantitative estimate of drug-likeness (QED) is 0.716. The molecule has 0 aliphatic carbocycles. The summed E-state index contributed by atoms with van der Waals surface area (Å²) in [7, 11) is 1.99. The van der Waals surface area contributed by atoms with Gasteiger partial charge in [-0.2, -0.15) is 0 Å². The zero-order valence-corrected chi connectivity index (χ0v) is 10.4. The van der Waals surface area contributed by atoms with Crippen molar-refractivity contribution in [2.24, 2.45) is 0 Å². The summed E-state index contributed by atoms with van der Waals surface area (Å²) >= 11 is 12.2. The Morgan fingerprint density at radius 3 is 2.00 bits per heavy atom. The minimum atomic E-state index is 0.674. The van der Waals surface area contributed by atoms with E-state index in [-0.39, 0.29) is 0 Å². The van der Waals surface area contributed by atoms with E-state index in [0.29, 0.717) is 10.0 Å². The van der Waals surface area contributed by atoms with Crippen LogP contribution in [0.2, 0.25) is 10.0 Å². The van der Waals surface area contributed by atoms with E-state index in [1.165, 1.54) is 5.56 Å². The van der Waals surface area contributed by atoms with Gasteiger partial charge in [0.15, 0.2) is 7.28 Å². The lowest BCUT2D eigenvalue weighted by molar-refractivity contribution is 1.49. The van der Waals surface area contributed by atoms with Crippen LogP contribution in [0.1, 0.15) is 5.56 Å². The Bertz CT molecular complexity index is 472. The third-order valence-electron chi connectivity index (χ3n) is 2.39. The smallest absolute Gasteiger partial charge is 0.0849 e. The zero-order valence-electron chi connectivity index (χ0n) is 8.87. The Labute approximate surface area is 106 Å². The Morgan fingerprint density at radius 2 is 1.44 bits per heavy atom. The second kappa shape index (κ2) is 4.94. The maximum Gasteiger partial charge on any atom is 0.195 e. The molecule has 0 unspecified atom stereocenters. The van der Waals surface area contributed by atoms with Crippen LogP contribution in [0.5, 0.6) is 0 Å². The summed E-state index contributed by atoms with van der Waals surface area (Å²) in [5.74, 6) is 0. The van der Waals surface area contributed by atoms with Crippen LogP contribution in [0, 0.1) is 6.92 Å². The molecule has 0 amide bonds. The molecular formula is C13H10BCl2. The number of aryl methyl sites for hydroxylation is 1. The van der Waals surface area contributed by atoms with Gasteiger partial charge in [0.1, 0.15) is 0 Å². The molecule has 0 fully saturated rings. The molecule has 0 heterocycles. The van der Waals surface area contributed by atoms with Crippen LogP contribution >= 0.6 is 23.2 Å². The van der Waals surface area contributed by atoms with E-state index in [1.54, 1.807) is 0 Å². The number of hydrogen-bond acceptors (Lipinski definition) is 0. The van der Waals surface area contributed by atoms with Crippen LogP contribution in [-0.4, -0.2) is 7.28 Å². The SMILES string of the molecule is Cc1ccc([B]c2c(Cl)cccc2Cl)cc1. The minimum absolute atomic E-state index is 0.674. The maximum absolute atomic E-state index is 6.09. The van der Waals surface area contributed by atoms with Crippen LogP contribution in [0.3, 0.4) is 0 Å². The van der Waals surface area contributed by atoms with Crippen LogP contribution in [0.25, 0.3) is 0 Å². The van der Waals surface area contributed by atoms with E-state index in [4.69, 9.17) is 23.2 Å². The topological polar surface area (TPSA) is 0 Å². The fourth-order valence-electron chi connectivity index (χ4n) is 1.48. The predicted octanol–water partition coefficient (Wildman–Crippen LogP) is 2.96. The summed E-state index contributed by atoms with van der Waals surface area (Å²) in [5, 5.41) is 1.35. The summed E-state index contributed by atoms with van der Waals surface area (Å²) < 4.78 is 0. The van der Waals surface area contributed by atoms with Gasteiger partial charge in [0.2, 0.25) is 0 Å². The molecular weight excluding hydrogens is 238 g/mol. The number of hydrogen-bond donors (Lipinski definition) is 0. The van der Waals surface area contributed by atoms with Gasteiger partial charge in [0.25, 0.3) is 0 Å². The van der Waals surface area contributed by atoms with Crippen molar-refractivity contribution in [1.29, 1.82) is 0 Å². The molecule has 79 valence electrons. The summed E-state index contributed by atoms with van der Waals surface area (Å²) in [6.07, 6.45) is 0. The first-order valence-electron chi connectivity index (χ1n) is 5.02. The van der Waals surface area contributed by atoms with Gasteiger partial charge in [-0.15, -0.1) is 0 Å². The average molecular weight is 248 g/mol. The van der Waals surface area contributed by atoms with Gasteiger partial charge in [0, 0.05) is 10.0 Å². The van der Waals surface area contributed by atoms with Crippen LogP contribution in [0.4, 0.5) is 0 Å². The largest absolute Gasteiger partial charge is 0.195 e. The Hall–Kier alpha value is -0.915. The molecule has 2 rings (SSSR count). The van der Waals surface area contributed by atoms with Gasteiger partial charge >= 0.3 is 0 Å². The molecule has 0 N–H and O–H groups in total. The average Bonchev–Trinajstić information content (AvgIpc) is 2.26. The number of rotatable bonds is 2. The van der Waals surface area contributed by atoms with Crippen molar-refractivity contribution in [3.8, 4) is 0 Å². The first-order chi connectivity index (χ1) is 7.66. The van der Waals surface area contributed by atoms with Gasteiger partial charge < -0.3 is 0 Å². The molecule has 0 saturated carbocycles. The molecule has 2 aromatic carbocycles. The summed E-state index contributed by atoms with van der Waals surface area (Å²) in [6, 6.07) is 13.8. The Kier molecular flexibility index (Phi) is 3.57. The van der Waals surface area contributed by atoms with Gasteiger partial charge in [0.05, 0.1) is 0 Å².